The molecule has 0 saturated heterocycles. The summed E-state index contributed by atoms with van der Waals surface area (Å²) in [4.78, 5) is 0. The summed E-state index contributed by atoms with van der Waals surface area (Å²) < 4.78 is 0. The van der Waals surface area contributed by atoms with Crippen molar-refractivity contribution >= 4 is 0 Å². The molecule has 0 saturated carbocycles. The van der Waals surface area contributed by atoms with Crippen LogP contribution in [0.4, 0.5) is 0 Å². The van der Waals surface area contributed by atoms with Gasteiger partial charge in [-0.05, 0) is 25.0 Å². The van der Waals surface area contributed by atoms with Gasteiger partial charge in [-0.2, -0.15) is 0 Å². The summed E-state index contributed by atoms with van der Waals surface area (Å²) in [6.07, 6.45) is 0. The number of hydrogen-bond donors (Lipinski definition) is 2. The standard InChI is InChI=1S/C18H22N2/c1-14-4-8-17(9-5-14)12-19-16(3)20-13-18-10-6-15(2)7-11-18/h4-11,19-20H,3,12-13H2,1-2H3. The van der Waals surface area contributed by atoms with Crippen LogP contribution < -0.4 is 10.6 Å². The van der Waals surface area contributed by atoms with Crippen molar-refractivity contribution < 1.29 is 0 Å². The second-order valence-electron chi connectivity index (χ2n) is 5.16. The molecule has 0 atom stereocenters. The van der Waals surface area contributed by atoms with E-state index in [1.54, 1.807) is 0 Å². The van der Waals surface area contributed by atoms with Crippen molar-refractivity contribution in [2.24, 2.45) is 0 Å². The summed E-state index contributed by atoms with van der Waals surface area (Å²) >= 11 is 0. The maximum Gasteiger partial charge on any atom is 0.0917 e. The van der Waals surface area contributed by atoms with E-state index in [0.717, 1.165) is 18.9 Å². The molecule has 20 heavy (non-hydrogen) atoms. The van der Waals surface area contributed by atoms with Crippen molar-refractivity contribution in [3.8, 4) is 0 Å². The van der Waals surface area contributed by atoms with E-state index in [4.69, 9.17) is 0 Å². The third-order valence-corrected chi connectivity index (χ3v) is 3.25. The van der Waals surface area contributed by atoms with Crippen molar-refractivity contribution in [3.63, 3.8) is 0 Å². The van der Waals surface area contributed by atoms with Crippen LogP contribution in [0.15, 0.2) is 60.9 Å². The first-order valence-electron chi connectivity index (χ1n) is 6.91. The van der Waals surface area contributed by atoms with E-state index in [1.165, 1.54) is 22.3 Å². The lowest BCUT2D eigenvalue weighted by Crippen LogP contribution is -2.24. The van der Waals surface area contributed by atoms with Crippen LogP contribution in [0, 0.1) is 13.8 Å². The minimum absolute atomic E-state index is 0.792. The summed E-state index contributed by atoms with van der Waals surface area (Å²) in [5, 5.41) is 6.59. The zero-order valence-electron chi connectivity index (χ0n) is 12.2. The van der Waals surface area contributed by atoms with Crippen LogP contribution in [0.1, 0.15) is 22.3 Å². The molecule has 2 N–H and O–H groups in total. The first-order valence-corrected chi connectivity index (χ1v) is 6.91. The largest absolute Gasteiger partial charge is 0.368 e. The molecule has 0 aliphatic rings. The monoisotopic (exact) mass is 266 g/mol. The highest BCUT2D eigenvalue weighted by atomic mass is 15.1. The fourth-order valence-electron chi connectivity index (χ4n) is 1.89. The van der Waals surface area contributed by atoms with E-state index in [0.29, 0.717) is 0 Å². The lowest BCUT2D eigenvalue weighted by Gasteiger charge is -2.12. The predicted molar refractivity (Wildman–Crippen MR) is 85.2 cm³/mol. The Labute approximate surface area is 121 Å². The summed E-state index contributed by atoms with van der Waals surface area (Å²) in [5.74, 6) is 0.853. The van der Waals surface area contributed by atoms with Crippen LogP contribution >= 0.6 is 0 Å². The Morgan fingerprint density at radius 3 is 1.45 bits per heavy atom. The lowest BCUT2D eigenvalue weighted by atomic mass is 10.1. The van der Waals surface area contributed by atoms with Gasteiger partial charge in [0.15, 0.2) is 0 Å². The summed E-state index contributed by atoms with van der Waals surface area (Å²) in [5.41, 5.74) is 5.08. The second kappa shape index (κ2) is 6.80. The highest BCUT2D eigenvalue weighted by Crippen LogP contribution is 2.04. The van der Waals surface area contributed by atoms with E-state index < -0.39 is 0 Å². The van der Waals surface area contributed by atoms with Gasteiger partial charge >= 0.3 is 0 Å². The van der Waals surface area contributed by atoms with Crippen LogP contribution in [-0.2, 0) is 13.1 Å². The van der Waals surface area contributed by atoms with Gasteiger partial charge in [0.1, 0.15) is 0 Å². The first-order chi connectivity index (χ1) is 9.63. The molecule has 0 spiro atoms. The van der Waals surface area contributed by atoms with E-state index >= 15 is 0 Å². The molecule has 0 aromatic heterocycles. The van der Waals surface area contributed by atoms with Crippen LogP contribution in [0.25, 0.3) is 0 Å². The third kappa shape index (κ3) is 4.47. The molecule has 0 aliphatic carbocycles. The number of aryl methyl sites for hydroxylation is 2. The van der Waals surface area contributed by atoms with Gasteiger partial charge in [-0.3, -0.25) is 0 Å². The summed E-state index contributed by atoms with van der Waals surface area (Å²) in [6.45, 7) is 9.77. The van der Waals surface area contributed by atoms with Gasteiger partial charge in [-0.25, -0.2) is 0 Å². The highest BCUT2D eigenvalue weighted by Gasteiger charge is 1.96. The number of rotatable bonds is 6. The second-order valence-corrected chi connectivity index (χ2v) is 5.16. The topological polar surface area (TPSA) is 24.1 Å². The highest BCUT2D eigenvalue weighted by molar-refractivity contribution is 5.22. The van der Waals surface area contributed by atoms with Crippen LogP contribution in [0.2, 0.25) is 0 Å². The summed E-state index contributed by atoms with van der Waals surface area (Å²) in [6, 6.07) is 17.0. The Morgan fingerprint density at radius 1 is 0.750 bits per heavy atom. The summed E-state index contributed by atoms with van der Waals surface area (Å²) in [7, 11) is 0. The van der Waals surface area contributed by atoms with Gasteiger partial charge in [0.25, 0.3) is 0 Å². The van der Waals surface area contributed by atoms with Crippen molar-refractivity contribution in [3.05, 3.63) is 83.2 Å². The van der Waals surface area contributed by atoms with Crippen LogP contribution in [0.5, 0.6) is 0 Å². The van der Waals surface area contributed by atoms with Crippen molar-refractivity contribution in [1.29, 1.82) is 0 Å². The van der Waals surface area contributed by atoms with Crippen molar-refractivity contribution in [2.75, 3.05) is 0 Å². The average molecular weight is 266 g/mol. The molecule has 0 amide bonds. The molecule has 0 bridgehead atoms. The molecule has 2 aromatic rings. The molecule has 0 unspecified atom stereocenters. The minimum atomic E-state index is 0.792. The molecule has 0 radical (unpaired) electrons. The maximum atomic E-state index is 4.00. The van der Waals surface area contributed by atoms with Crippen molar-refractivity contribution in [1.82, 2.24) is 10.6 Å². The SMILES string of the molecule is C=C(NCc1ccc(C)cc1)NCc1ccc(C)cc1. The Kier molecular flexibility index (Phi) is 4.83. The van der Waals surface area contributed by atoms with E-state index in [9.17, 15) is 0 Å². The van der Waals surface area contributed by atoms with E-state index in [2.05, 4.69) is 79.6 Å². The molecule has 2 nitrogen and oxygen atoms in total. The zero-order valence-corrected chi connectivity index (χ0v) is 12.2. The minimum Gasteiger partial charge on any atom is -0.368 e. The maximum absolute atomic E-state index is 4.00. The normalized spacial score (nSPS) is 10.1. The molecule has 2 heteroatoms. The third-order valence-electron chi connectivity index (χ3n) is 3.25. The molecule has 0 fully saturated rings. The molecule has 104 valence electrons. The number of hydrogen-bond acceptors (Lipinski definition) is 2. The molecular formula is C18H22N2. The fraction of sp³-hybridized carbons (Fsp3) is 0.222. The smallest absolute Gasteiger partial charge is 0.0917 e. The lowest BCUT2D eigenvalue weighted by molar-refractivity contribution is 0.685. The zero-order chi connectivity index (χ0) is 14.4. The Bertz CT molecular complexity index is 501. The van der Waals surface area contributed by atoms with Crippen LogP contribution in [-0.4, -0.2) is 0 Å². The number of nitrogens with one attached hydrogen (secondary N) is 2. The van der Waals surface area contributed by atoms with Crippen LogP contribution in [0.3, 0.4) is 0 Å². The Morgan fingerprint density at radius 2 is 1.10 bits per heavy atom. The average Bonchev–Trinajstić information content (AvgIpc) is 2.46. The predicted octanol–water partition coefficient (Wildman–Crippen LogP) is 3.65. The number of benzene rings is 2. The molecule has 0 heterocycles. The first kappa shape index (κ1) is 14.2. The molecule has 2 aromatic carbocycles. The Balaban J connectivity index is 1.75. The quantitative estimate of drug-likeness (QED) is 0.834. The molecule has 2 rings (SSSR count). The fourth-order valence-corrected chi connectivity index (χ4v) is 1.89. The van der Waals surface area contributed by atoms with Gasteiger partial charge in [0.05, 0.1) is 5.82 Å². The van der Waals surface area contributed by atoms with Gasteiger partial charge in [0.2, 0.25) is 0 Å². The van der Waals surface area contributed by atoms with E-state index in [-0.39, 0.29) is 0 Å². The van der Waals surface area contributed by atoms with Gasteiger partial charge in [0, 0.05) is 13.1 Å². The van der Waals surface area contributed by atoms with Gasteiger partial charge in [-0.1, -0.05) is 66.2 Å². The van der Waals surface area contributed by atoms with Gasteiger partial charge < -0.3 is 10.6 Å². The molecular weight excluding hydrogens is 244 g/mol. The van der Waals surface area contributed by atoms with Gasteiger partial charge in [-0.15, -0.1) is 0 Å². The van der Waals surface area contributed by atoms with Crippen molar-refractivity contribution in [2.45, 2.75) is 26.9 Å². The Hall–Kier alpha value is -2.22. The molecule has 0 aliphatic heterocycles. The van der Waals surface area contributed by atoms with E-state index in [1.807, 2.05) is 0 Å².